The van der Waals surface area contributed by atoms with E-state index in [4.69, 9.17) is 0 Å². The Morgan fingerprint density at radius 3 is 2.76 bits per heavy atom. The first-order chi connectivity index (χ1) is 8.04. The van der Waals surface area contributed by atoms with Crippen molar-refractivity contribution in [1.29, 1.82) is 0 Å². The van der Waals surface area contributed by atoms with Gasteiger partial charge in [0.25, 0.3) is 0 Å². The van der Waals surface area contributed by atoms with Gasteiger partial charge in [-0.25, -0.2) is 0 Å². The minimum Gasteiger partial charge on any atom is -0.314 e. The molecule has 1 fully saturated rings. The van der Waals surface area contributed by atoms with Gasteiger partial charge in [0, 0.05) is 40.9 Å². The summed E-state index contributed by atoms with van der Waals surface area (Å²) in [4.78, 5) is 2.50. The van der Waals surface area contributed by atoms with Gasteiger partial charge in [0.2, 0.25) is 0 Å². The van der Waals surface area contributed by atoms with Crippen LogP contribution in [0.25, 0.3) is 0 Å². The average Bonchev–Trinajstić information content (AvgIpc) is 2.29. The van der Waals surface area contributed by atoms with Crippen molar-refractivity contribution in [3.63, 3.8) is 0 Å². The lowest BCUT2D eigenvalue weighted by Crippen LogP contribution is -2.49. The molecule has 17 heavy (non-hydrogen) atoms. The molecule has 0 amide bonds. The van der Waals surface area contributed by atoms with E-state index in [0.29, 0.717) is 12.1 Å². The van der Waals surface area contributed by atoms with Gasteiger partial charge in [-0.05, 0) is 46.2 Å². The summed E-state index contributed by atoms with van der Waals surface area (Å²) in [6.07, 6.45) is 5.47. The summed E-state index contributed by atoms with van der Waals surface area (Å²) in [7, 11) is -0.698. The fourth-order valence-corrected chi connectivity index (χ4v) is 2.86. The van der Waals surface area contributed by atoms with E-state index in [9.17, 15) is 4.21 Å². The molecule has 0 aromatic heterocycles. The van der Waals surface area contributed by atoms with Crippen LogP contribution in [0.4, 0.5) is 0 Å². The van der Waals surface area contributed by atoms with Crippen LogP contribution in [0.3, 0.4) is 0 Å². The number of hydrogen-bond donors (Lipinski definition) is 1. The van der Waals surface area contributed by atoms with E-state index in [0.717, 1.165) is 19.6 Å². The SMILES string of the molecule is CCCNC1CCN(CC(C)S(C)=O)C(C)C1. The van der Waals surface area contributed by atoms with Gasteiger partial charge in [0.15, 0.2) is 0 Å². The number of hydrogen-bond acceptors (Lipinski definition) is 3. The number of nitrogens with one attached hydrogen (secondary N) is 1. The van der Waals surface area contributed by atoms with E-state index in [1.54, 1.807) is 0 Å². The molecule has 1 N–H and O–H groups in total. The quantitative estimate of drug-likeness (QED) is 0.787. The van der Waals surface area contributed by atoms with Crippen LogP contribution in [0.15, 0.2) is 0 Å². The van der Waals surface area contributed by atoms with E-state index in [1.807, 2.05) is 6.26 Å². The van der Waals surface area contributed by atoms with Crippen molar-refractivity contribution in [3.8, 4) is 0 Å². The van der Waals surface area contributed by atoms with Gasteiger partial charge in [0.05, 0.1) is 0 Å². The van der Waals surface area contributed by atoms with Crippen molar-refractivity contribution in [2.24, 2.45) is 0 Å². The molecule has 4 heteroatoms. The molecule has 0 saturated carbocycles. The minimum atomic E-state index is -0.698. The van der Waals surface area contributed by atoms with Crippen LogP contribution in [-0.2, 0) is 10.8 Å². The van der Waals surface area contributed by atoms with Crippen LogP contribution < -0.4 is 5.32 Å². The lowest BCUT2D eigenvalue weighted by atomic mass is 9.98. The van der Waals surface area contributed by atoms with Crippen LogP contribution in [0.1, 0.15) is 40.0 Å². The van der Waals surface area contributed by atoms with Crippen molar-refractivity contribution in [3.05, 3.63) is 0 Å². The standard InChI is InChI=1S/C13H28N2OS/c1-5-7-14-13-6-8-15(11(2)9-13)10-12(3)17(4)16/h11-14H,5-10H2,1-4H3. The van der Waals surface area contributed by atoms with Gasteiger partial charge in [0.1, 0.15) is 0 Å². The number of rotatable bonds is 6. The molecule has 0 spiro atoms. The second-order valence-electron chi connectivity index (χ2n) is 5.33. The first kappa shape index (κ1) is 15.1. The number of likely N-dealkylation sites (tertiary alicyclic amines) is 1. The molecule has 4 unspecified atom stereocenters. The summed E-state index contributed by atoms with van der Waals surface area (Å²) in [5.74, 6) is 0. The minimum absolute atomic E-state index is 0.289. The number of piperidine rings is 1. The maximum Gasteiger partial charge on any atom is 0.0444 e. The maximum absolute atomic E-state index is 11.4. The molecule has 1 aliphatic rings. The molecule has 102 valence electrons. The predicted octanol–water partition coefficient (Wildman–Crippen LogP) is 1.61. The Balaban J connectivity index is 2.34. The third-order valence-electron chi connectivity index (χ3n) is 3.76. The van der Waals surface area contributed by atoms with Crippen LogP contribution in [0.2, 0.25) is 0 Å². The van der Waals surface area contributed by atoms with Crippen LogP contribution in [0.5, 0.6) is 0 Å². The van der Waals surface area contributed by atoms with Crippen molar-refractivity contribution in [2.75, 3.05) is 25.9 Å². The van der Waals surface area contributed by atoms with Crippen molar-refractivity contribution >= 4 is 10.8 Å². The van der Waals surface area contributed by atoms with E-state index < -0.39 is 10.8 Å². The zero-order chi connectivity index (χ0) is 12.8. The Morgan fingerprint density at radius 2 is 2.24 bits per heavy atom. The lowest BCUT2D eigenvalue weighted by molar-refractivity contribution is 0.138. The van der Waals surface area contributed by atoms with E-state index in [1.165, 1.54) is 19.3 Å². The second kappa shape index (κ2) is 7.49. The second-order valence-corrected chi connectivity index (χ2v) is 7.13. The molecular weight excluding hydrogens is 232 g/mol. The Hall–Kier alpha value is 0.0700. The van der Waals surface area contributed by atoms with Crippen LogP contribution in [0, 0.1) is 0 Å². The molecule has 0 bridgehead atoms. The van der Waals surface area contributed by atoms with Gasteiger partial charge >= 0.3 is 0 Å². The summed E-state index contributed by atoms with van der Waals surface area (Å²) < 4.78 is 11.4. The molecule has 0 radical (unpaired) electrons. The average molecular weight is 260 g/mol. The first-order valence-corrected chi connectivity index (χ1v) is 8.46. The molecule has 1 aliphatic heterocycles. The van der Waals surface area contributed by atoms with E-state index in [-0.39, 0.29) is 5.25 Å². The highest BCUT2D eigenvalue weighted by Crippen LogP contribution is 2.18. The largest absolute Gasteiger partial charge is 0.314 e. The molecule has 0 aromatic carbocycles. The van der Waals surface area contributed by atoms with Crippen LogP contribution in [-0.4, -0.2) is 52.3 Å². The van der Waals surface area contributed by atoms with Gasteiger partial charge in [-0.1, -0.05) is 6.92 Å². The zero-order valence-electron chi connectivity index (χ0n) is 11.7. The molecule has 0 aliphatic carbocycles. The maximum atomic E-state index is 11.4. The van der Waals surface area contributed by atoms with Crippen LogP contribution >= 0.6 is 0 Å². The molecule has 1 heterocycles. The predicted molar refractivity (Wildman–Crippen MR) is 75.9 cm³/mol. The third kappa shape index (κ3) is 5.06. The van der Waals surface area contributed by atoms with Gasteiger partial charge in [-0.2, -0.15) is 0 Å². The molecular formula is C13H28N2OS. The van der Waals surface area contributed by atoms with Crippen molar-refractivity contribution < 1.29 is 4.21 Å². The molecule has 1 rings (SSSR count). The normalized spacial score (nSPS) is 30.1. The van der Waals surface area contributed by atoms with E-state index in [2.05, 4.69) is 31.0 Å². The molecule has 0 aromatic rings. The summed E-state index contributed by atoms with van der Waals surface area (Å²) in [6, 6.07) is 1.30. The molecule has 1 saturated heterocycles. The summed E-state index contributed by atoms with van der Waals surface area (Å²) >= 11 is 0. The highest BCUT2D eigenvalue weighted by atomic mass is 32.2. The fourth-order valence-electron chi connectivity index (χ4n) is 2.46. The zero-order valence-corrected chi connectivity index (χ0v) is 12.6. The van der Waals surface area contributed by atoms with Gasteiger partial charge in [-0.3, -0.25) is 9.11 Å². The van der Waals surface area contributed by atoms with E-state index >= 15 is 0 Å². The van der Waals surface area contributed by atoms with Gasteiger partial charge < -0.3 is 5.32 Å². The first-order valence-electron chi connectivity index (χ1n) is 6.84. The number of nitrogens with zero attached hydrogens (tertiary/aromatic N) is 1. The Labute approximate surface area is 109 Å². The Bertz CT molecular complexity index is 248. The highest BCUT2D eigenvalue weighted by molar-refractivity contribution is 7.84. The molecule has 4 atom stereocenters. The van der Waals surface area contributed by atoms with Crippen molar-refractivity contribution in [2.45, 2.75) is 57.4 Å². The monoisotopic (exact) mass is 260 g/mol. The van der Waals surface area contributed by atoms with Crippen molar-refractivity contribution in [1.82, 2.24) is 10.2 Å². The van der Waals surface area contributed by atoms with Gasteiger partial charge in [-0.15, -0.1) is 0 Å². The summed E-state index contributed by atoms with van der Waals surface area (Å²) in [5, 5.41) is 3.90. The smallest absolute Gasteiger partial charge is 0.0444 e. The Morgan fingerprint density at radius 1 is 1.53 bits per heavy atom. The lowest BCUT2D eigenvalue weighted by Gasteiger charge is -2.39. The highest BCUT2D eigenvalue weighted by Gasteiger charge is 2.26. The molecule has 3 nitrogen and oxygen atoms in total. The third-order valence-corrected chi connectivity index (χ3v) is 5.04. The summed E-state index contributed by atoms with van der Waals surface area (Å²) in [6.45, 7) is 9.85. The Kier molecular flexibility index (Phi) is 6.67. The fraction of sp³-hybridized carbons (Fsp3) is 1.00. The topological polar surface area (TPSA) is 32.3 Å². The summed E-state index contributed by atoms with van der Waals surface area (Å²) in [5.41, 5.74) is 0.